The van der Waals surface area contributed by atoms with Crippen molar-refractivity contribution < 1.29 is 0 Å². The van der Waals surface area contributed by atoms with E-state index in [-0.39, 0.29) is 0 Å². The first-order chi connectivity index (χ1) is 8.40. The summed E-state index contributed by atoms with van der Waals surface area (Å²) in [7, 11) is 0. The monoisotopic (exact) mass is 226 g/mol. The third-order valence-corrected chi connectivity index (χ3v) is 4.29. The molecule has 2 aliphatic rings. The normalized spacial score (nSPS) is 26.9. The summed E-state index contributed by atoms with van der Waals surface area (Å²) in [5, 5.41) is 9.04. The predicted octanol–water partition coefficient (Wildman–Crippen LogP) is 3.13. The Hall–Kier alpha value is -1.49. The summed E-state index contributed by atoms with van der Waals surface area (Å²) in [6.45, 7) is 0.540. The number of hydrogen-bond donors (Lipinski definition) is 0. The van der Waals surface area contributed by atoms with Gasteiger partial charge in [-0.25, -0.2) is 0 Å². The van der Waals surface area contributed by atoms with Crippen LogP contribution < -0.4 is 4.90 Å². The molecule has 1 aliphatic carbocycles. The zero-order valence-corrected chi connectivity index (χ0v) is 10.1. The third kappa shape index (κ3) is 1.80. The molecule has 2 nitrogen and oxygen atoms in total. The second-order valence-electron chi connectivity index (χ2n) is 5.23. The summed E-state index contributed by atoms with van der Waals surface area (Å²) in [6.07, 6.45) is 6.50. The number of rotatable bonds is 1. The summed E-state index contributed by atoms with van der Waals surface area (Å²) >= 11 is 0. The minimum Gasteiger partial charge on any atom is -0.355 e. The molecule has 1 aromatic rings. The Morgan fingerprint density at radius 3 is 2.94 bits per heavy atom. The number of para-hydroxylation sites is 1. The van der Waals surface area contributed by atoms with E-state index in [0.29, 0.717) is 12.6 Å². The van der Waals surface area contributed by atoms with Gasteiger partial charge in [-0.1, -0.05) is 31.0 Å². The van der Waals surface area contributed by atoms with Crippen LogP contribution in [0.3, 0.4) is 0 Å². The van der Waals surface area contributed by atoms with Crippen molar-refractivity contribution in [2.75, 3.05) is 11.4 Å². The zero-order chi connectivity index (χ0) is 11.7. The fourth-order valence-electron chi connectivity index (χ4n) is 3.54. The topological polar surface area (TPSA) is 27.0 Å². The fourth-order valence-corrected chi connectivity index (χ4v) is 3.54. The second-order valence-corrected chi connectivity index (χ2v) is 5.23. The van der Waals surface area contributed by atoms with E-state index in [2.05, 4.69) is 35.2 Å². The van der Waals surface area contributed by atoms with Crippen molar-refractivity contribution in [3.8, 4) is 6.07 Å². The van der Waals surface area contributed by atoms with Crippen molar-refractivity contribution in [2.45, 2.75) is 38.1 Å². The molecule has 0 saturated heterocycles. The van der Waals surface area contributed by atoms with Gasteiger partial charge in [0, 0.05) is 11.7 Å². The molecule has 2 atom stereocenters. The zero-order valence-electron chi connectivity index (χ0n) is 10.1. The first-order valence-corrected chi connectivity index (χ1v) is 6.61. The summed E-state index contributed by atoms with van der Waals surface area (Å²) in [4.78, 5) is 2.35. The highest BCUT2D eigenvalue weighted by atomic mass is 15.2. The summed E-state index contributed by atoms with van der Waals surface area (Å²) in [5.74, 6) is 0.770. The highest BCUT2D eigenvalue weighted by molar-refractivity contribution is 5.57. The molecule has 0 spiro atoms. The van der Waals surface area contributed by atoms with E-state index in [9.17, 15) is 0 Å². The molecule has 1 aromatic carbocycles. The van der Waals surface area contributed by atoms with Crippen molar-refractivity contribution in [1.29, 1.82) is 5.26 Å². The molecular formula is C15H18N2. The van der Waals surface area contributed by atoms with Crippen molar-refractivity contribution in [3.63, 3.8) is 0 Å². The van der Waals surface area contributed by atoms with Gasteiger partial charge in [-0.05, 0) is 36.8 Å². The van der Waals surface area contributed by atoms with E-state index in [1.54, 1.807) is 0 Å². The molecule has 2 heteroatoms. The highest BCUT2D eigenvalue weighted by Gasteiger charge is 2.35. The van der Waals surface area contributed by atoms with Gasteiger partial charge in [0.1, 0.15) is 6.54 Å². The number of hydrogen-bond acceptors (Lipinski definition) is 2. The second kappa shape index (κ2) is 4.41. The summed E-state index contributed by atoms with van der Waals surface area (Å²) < 4.78 is 0. The molecule has 0 aromatic heterocycles. The van der Waals surface area contributed by atoms with Crippen molar-refractivity contribution in [3.05, 3.63) is 29.8 Å². The van der Waals surface area contributed by atoms with Gasteiger partial charge in [-0.15, -0.1) is 0 Å². The van der Waals surface area contributed by atoms with Gasteiger partial charge in [0.25, 0.3) is 0 Å². The Kier molecular flexibility index (Phi) is 2.76. The van der Waals surface area contributed by atoms with Gasteiger partial charge in [-0.2, -0.15) is 5.26 Å². The minimum atomic E-state index is 0.540. The molecular weight excluding hydrogens is 208 g/mol. The molecule has 17 heavy (non-hydrogen) atoms. The molecule has 0 radical (unpaired) electrons. The number of nitrogens with zero attached hydrogens (tertiary/aromatic N) is 2. The Balaban J connectivity index is 1.99. The number of anilines is 1. The average molecular weight is 226 g/mol. The molecule has 1 aliphatic heterocycles. The van der Waals surface area contributed by atoms with Crippen molar-refractivity contribution in [1.82, 2.24) is 0 Å². The lowest BCUT2D eigenvalue weighted by Crippen LogP contribution is -2.47. The minimum absolute atomic E-state index is 0.540. The smallest absolute Gasteiger partial charge is 0.106 e. The van der Waals surface area contributed by atoms with E-state index in [0.717, 1.165) is 5.92 Å². The molecule has 0 unspecified atom stereocenters. The highest BCUT2D eigenvalue weighted by Crippen LogP contribution is 2.40. The summed E-state index contributed by atoms with van der Waals surface area (Å²) in [5.41, 5.74) is 2.74. The Labute approximate surface area is 103 Å². The standard InChI is InChI=1S/C15H18N2/c16-9-10-17-14-7-3-1-5-12(14)11-13-6-2-4-8-15(13)17/h1,3,5,7,13,15H,2,4,6,8,10-11H2/t13-,15+/m1/s1. The lowest BCUT2D eigenvalue weighted by atomic mass is 9.76. The van der Waals surface area contributed by atoms with Crippen LogP contribution in [-0.2, 0) is 6.42 Å². The fraction of sp³-hybridized carbons (Fsp3) is 0.533. The van der Waals surface area contributed by atoms with Crippen LogP contribution in [0, 0.1) is 17.2 Å². The Morgan fingerprint density at radius 1 is 1.24 bits per heavy atom. The van der Waals surface area contributed by atoms with Crippen LogP contribution in [0.4, 0.5) is 5.69 Å². The van der Waals surface area contributed by atoms with E-state index < -0.39 is 0 Å². The Bertz CT molecular complexity index is 446. The van der Waals surface area contributed by atoms with Crippen LogP contribution in [-0.4, -0.2) is 12.6 Å². The lowest BCUT2D eigenvalue weighted by molar-refractivity contribution is 0.283. The van der Waals surface area contributed by atoms with Crippen molar-refractivity contribution >= 4 is 5.69 Å². The van der Waals surface area contributed by atoms with E-state index in [1.165, 1.54) is 43.4 Å². The van der Waals surface area contributed by atoms with E-state index >= 15 is 0 Å². The van der Waals surface area contributed by atoms with Crippen LogP contribution >= 0.6 is 0 Å². The van der Waals surface area contributed by atoms with Crippen molar-refractivity contribution in [2.24, 2.45) is 5.92 Å². The van der Waals surface area contributed by atoms with Gasteiger partial charge in [0.15, 0.2) is 0 Å². The maximum Gasteiger partial charge on any atom is 0.106 e. The molecule has 0 bridgehead atoms. The molecule has 1 fully saturated rings. The Morgan fingerprint density at radius 2 is 2.06 bits per heavy atom. The van der Waals surface area contributed by atoms with Crippen LogP contribution in [0.1, 0.15) is 31.2 Å². The van der Waals surface area contributed by atoms with Gasteiger partial charge < -0.3 is 4.90 Å². The van der Waals surface area contributed by atoms with Crippen LogP contribution in [0.2, 0.25) is 0 Å². The maximum absolute atomic E-state index is 9.04. The molecule has 0 amide bonds. The molecule has 0 N–H and O–H groups in total. The van der Waals surface area contributed by atoms with Gasteiger partial charge in [0.05, 0.1) is 6.07 Å². The quantitative estimate of drug-likeness (QED) is 0.688. The molecule has 1 heterocycles. The SMILES string of the molecule is N#CCN1c2ccccc2C[C@H]2CCCC[C@@H]21. The number of benzene rings is 1. The van der Waals surface area contributed by atoms with Gasteiger partial charge in [0.2, 0.25) is 0 Å². The molecule has 88 valence electrons. The first-order valence-electron chi connectivity index (χ1n) is 6.61. The van der Waals surface area contributed by atoms with Crippen LogP contribution in [0.5, 0.6) is 0 Å². The van der Waals surface area contributed by atoms with Crippen LogP contribution in [0.15, 0.2) is 24.3 Å². The molecule has 3 rings (SSSR count). The number of nitriles is 1. The van der Waals surface area contributed by atoms with E-state index in [4.69, 9.17) is 5.26 Å². The van der Waals surface area contributed by atoms with Crippen LogP contribution in [0.25, 0.3) is 0 Å². The predicted molar refractivity (Wildman–Crippen MR) is 68.9 cm³/mol. The number of fused-ring (bicyclic) bond motifs is 2. The summed E-state index contributed by atoms with van der Waals surface area (Å²) in [6, 6.07) is 11.6. The molecule has 1 saturated carbocycles. The third-order valence-electron chi connectivity index (χ3n) is 4.29. The lowest BCUT2D eigenvalue weighted by Gasteiger charge is -2.45. The average Bonchev–Trinajstić information content (AvgIpc) is 2.39. The first kappa shape index (κ1) is 10.7. The maximum atomic E-state index is 9.04. The van der Waals surface area contributed by atoms with E-state index in [1.807, 2.05) is 0 Å². The van der Waals surface area contributed by atoms with Gasteiger partial charge in [-0.3, -0.25) is 0 Å². The van der Waals surface area contributed by atoms with Gasteiger partial charge >= 0.3 is 0 Å². The largest absolute Gasteiger partial charge is 0.355 e.